The summed E-state index contributed by atoms with van der Waals surface area (Å²) < 4.78 is 5.36. The maximum Gasteiger partial charge on any atom is 0.410 e. The van der Waals surface area contributed by atoms with E-state index in [0.717, 1.165) is 13.1 Å². The monoisotopic (exact) mass is 254 g/mol. The number of hydrogen-bond donors (Lipinski definition) is 1. The standard InChI is InChI=1S/C14H26N2O2/c1-12(2,3)18-11(17)16-8-10(9-16)14(6-7-14)13(4,5)15/h10H,6-9,15H2,1-5H3. The smallest absolute Gasteiger partial charge is 0.410 e. The Balaban J connectivity index is 1.87. The Morgan fingerprint density at radius 3 is 2.06 bits per heavy atom. The molecule has 0 radical (unpaired) electrons. The number of hydrogen-bond acceptors (Lipinski definition) is 3. The van der Waals surface area contributed by atoms with E-state index in [9.17, 15) is 4.79 Å². The van der Waals surface area contributed by atoms with Gasteiger partial charge in [0.05, 0.1) is 0 Å². The third-order valence-electron chi connectivity index (χ3n) is 4.39. The van der Waals surface area contributed by atoms with Gasteiger partial charge in [0.25, 0.3) is 0 Å². The summed E-state index contributed by atoms with van der Waals surface area (Å²) >= 11 is 0. The first kappa shape index (κ1) is 13.7. The van der Waals surface area contributed by atoms with Crippen LogP contribution in [0.3, 0.4) is 0 Å². The van der Waals surface area contributed by atoms with E-state index < -0.39 is 5.60 Å². The van der Waals surface area contributed by atoms with Gasteiger partial charge in [-0.25, -0.2) is 4.79 Å². The molecule has 0 unspecified atom stereocenters. The molecule has 4 nitrogen and oxygen atoms in total. The summed E-state index contributed by atoms with van der Waals surface area (Å²) in [5.74, 6) is 0.546. The number of likely N-dealkylation sites (tertiary alicyclic amines) is 1. The predicted octanol–water partition coefficient (Wildman–Crippen LogP) is 2.37. The zero-order chi connectivity index (χ0) is 13.8. The van der Waals surface area contributed by atoms with E-state index >= 15 is 0 Å². The average molecular weight is 254 g/mol. The first-order chi connectivity index (χ1) is 8.05. The molecule has 18 heavy (non-hydrogen) atoms. The molecule has 0 spiro atoms. The van der Waals surface area contributed by atoms with Gasteiger partial charge in [0.15, 0.2) is 0 Å². The average Bonchev–Trinajstić information content (AvgIpc) is 2.76. The fourth-order valence-electron chi connectivity index (χ4n) is 3.02. The SMILES string of the molecule is CC(C)(C)OC(=O)N1CC(C2(C(C)(C)N)CC2)C1. The second-order valence-corrected chi connectivity index (χ2v) is 7.46. The van der Waals surface area contributed by atoms with Crippen molar-refractivity contribution in [2.24, 2.45) is 17.1 Å². The molecular formula is C14H26N2O2. The molecule has 1 aliphatic heterocycles. The van der Waals surface area contributed by atoms with E-state index in [1.165, 1.54) is 12.8 Å². The van der Waals surface area contributed by atoms with Crippen LogP contribution in [0.15, 0.2) is 0 Å². The van der Waals surface area contributed by atoms with Gasteiger partial charge in [-0.05, 0) is 52.9 Å². The minimum Gasteiger partial charge on any atom is -0.444 e. The lowest BCUT2D eigenvalue weighted by Gasteiger charge is -2.48. The van der Waals surface area contributed by atoms with Gasteiger partial charge < -0.3 is 15.4 Å². The Morgan fingerprint density at radius 1 is 1.22 bits per heavy atom. The predicted molar refractivity (Wildman–Crippen MR) is 71.2 cm³/mol. The third kappa shape index (κ3) is 2.35. The molecule has 0 bridgehead atoms. The minimum atomic E-state index is -0.410. The van der Waals surface area contributed by atoms with Crippen molar-refractivity contribution in [2.45, 2.75) is 58.6 Å². The van der Waals surface area contributed by atoms with Crippen molar-refractivity contribution < 1.29 is 9.53 Å². The van der Waals surface area contributed by atoms with Crippen LogP contribution in [-0.4, -0.2) is 35.2 Å². The maximum atomic E-state index is 11.9. The van der Waals surface area contributed by atoms with Gasteiger partial charge in [0.2, 0.25) is 0 Å². The maximum absolute atomic E-state index is 11.9. The highest BCUT2D eigenvalue weighted by atomic mass is 16.6. The first-order valence-electron chi connectivity index (χ1n) is 6.82. The van der Waals surface area contributed by atoms with Gasteiger partial charge in [-0.1, -0.05) is 0 Å². The molecule has 1 heterocycles. The first-order valence-corrected chi connectivity index (χ1v) is 6.82. The number of nitrogens with two attached hydrogens (primary N) is 1. The van der Waals surface area contributed by atoms with Crippen molar-refractivity contribution in [1.82, 2.24) is 4.90 Å². The topological polar surface area (TPSA) is 55.6 Å². The van der Waals surface area contributed by atoms with Crippen LogP contribution in [0.2, 0.25) is 0 Å². The molecule has 0 atom stereocenters. The van der Waals surface area contributed by atoms with E-state index in [2.05, 4.69) is 13.8 Å². The largest absolute Gasteiger partial charge is 0.444 e. The molecular weight excluding hydrogens is 228 g/mol. The van der Waals surface area contributed by atoms with Crippen molar-refractivity contribution in [3.63, 3.8) is 0 Å². The van der Waals surface area contributed by atoms with Gasteiger partial charge in [0, 0.05) is 24.5 Å². The van der Waals surface area contributed by atoms with E-state index in [-0.39, 0.29) is 17.0 Å². The van der Waals surface area contributed by atoms with Crippen LogP contribution in [0.1, 0.15) is 47.5 Å². The summed E-state index contributed by atoms with van der Waals surface area (Å²) in [4.78, 5) is 13.6. The summed E-state index contributed by atoms with van der Waals surface area (Å²) in [6.45, 7) is 11.5. The number of amides is 1. The molecule has 1 saturated carbocycles. The molecule has 2 aliphatic rings. The highest BCUT2D eigenvalue weighted by Gasteiger charge is 2.60. The highest BCUT2D eigenvalue weighted by molar-refractivity contribution is 5.69. The summed E-state index contributed by atoms with van der Waals surface area (Å²) in [7, 11) is 0. The quantitative estimate of drug-likeness (QED) is 0.823. The van der Waals surface area contributed by atoms with Crippen LogP contribution < -0.4 is 5.73 Å². The van der Waals surface area contributed by atoms with E-state index in [0.29, 0.717) is 5.92 Å². The molecule has 0 aromatic rings. The Labute approximate surface area is 110 Å². The van der Waals surface area contributed by atoms with Gasteiger partial charge in [0.1, 0.15) is 5.60 Å². The molecule has 2 fully saturated rings. The van der Waals surface area contributed by atoms with Gasteiger partial charge in [-0.3, -0.25) is 0 Å². The molecule has 1 amide bonds. The van der Waals surface area contributed by atoms with Crippen LogP contribution >= 0.6 is 0 Å². The molecule has 104 valence electrons. The second-order valence-electron chi connectivity index (χ2n) is 7.46. The van der Waals surface area contributed by atoms with Gasteiger partial charge >= 0.3 is 6.09 Å². The Bertz CT molecular complexity index is 342. The minimum absolute atomic E-state index is 0.141. The van der Waals surface area contributed by atoms with Crippen LogP contribution in [-0.2, 0) is 4.74 Å². The number of ether oxygens (including phenoxy) is 1. The van der Waals surface area contributed by atoms with E-state index in [4.69, 9.17) is 10.5 Å². The van der Waals surface area contributed by atoms with Crippen molar-refractivity contribution >= 4 is 6.09 Å². The zero-order valence-corrected chi connectivity index (χ0v) is 12.2. The molecule has 1 saturated heterocycles. The number of carbonyl (C=O) groups is 1. The van der Waals surface area contributed by atoms with Crippen LogP contribution in [0.5, 0.6) is 0 Å². The second kappa shape index (κ2) is 3.86. The molecule has 4 heteroatoms. The normalized spacial score (nSPS) is 23.6. The summed E-state index contributed by atoms with van der Waals surface area (Å²) in [6.07, 6.45) is 2.21. The molecule has 1 aliphatic carbocycles. The number of carbonyl (C=O) groups excluding carboxylic acids is 1. The number of rotatable bonds is 2. The lowest BCUT2D eigenvalue weighted by Crippen LogP contribution is -2.60. The Kier molecular flexibility index (Phi) is 2.93. The van der Waals surface area contributed by atoms with Crippen molar-refractivity contribution in [2.75, 3.05) is 13.1 Å². The van der Waals surface area contributed by atoms with E-state index in [1.54, 1.807) is 4.90 Å². The van der Waals surface area contributed by atoms with Crippen LogP contribution in [0, 0.1) is 11.3 Å². The fourth-order valence-corrected chi connectivity index (χ4v) is 3.02. The highest BCUT2D eigenvalue weighted by Crippen LogP contribution is 2.60. The van der Waals surface area contributed by atoms with Crippen molar-refractivity contribution in [1.29, 1.82) is 0 Å². The molecule has 2 rings (SSSR count). The molecule has 0 aromatic carbocycles. The van der Waals surface area contributed by atoms with Gasteiger partial charge in [-0.15, -0.1) is 0 Å². The van der Waals surface area contributed by atoms with Crippen LogP contribution in [0.25, 0.3) is 0 Å². The summed E-state index contributed by atoms with van der Waals surface area (Å²) in [5.41, 5.74) is 5.98. The van der Waals surface area contributed by atoms with Crippen molar-refractivity contribution in [3.8, 4) is 0 Å². The van der Waals surface area contributed by atoms with E-state index in [1.807, 2.05) is 20.8 Å². The fraction of sp³-hybridized carbons (Fsp3) is 0.929. The lowest BCUT2D eigenvalue weighted by atomic mass is 9.71. The Morgan fingerprint density at radius 2 is 1.72 bits per heavy atom. The summed E-state index contributed by atoms with van der Waals surface area (Å²) in [6, 6.07) is 0. The molecule has 2 N–H and O–H groups in total. The molecule has 0 aromatic heterocycles. The summed E-state index contributed by atoms with van der Waals surface area (Å²) in [5, 5.41) is 0. The van der Waals surface area contributed by atoms with Crippen molar-refractivity contribution in [3.05, 3.63) is 0 Å². The number of nitrogens with zero attached hydrogens (tertiary/aromatic N) is 1. The Hall–Kier alpha value is -0.770. The third-order valence-corrected chi connectivity index (χ3v) is 4.39. The van der Waals surface area contributed by atoms with Gasteiger partial charge in [-0.2, -0.15) is 0 Å². The zero-order valence-electron chi connectivity index (χ0n) is 12.2. The lowest BCUT2D eigenvalue weighted by molar-refractivity contribution is -0.0233. The van der Waals surface area contributed by atoms with Crippen LogP contribution in [0.4, 0.5) is 4.79 Å².